The van der Waals surface area contributed by atoms with E-state index in [0.717, 1.165) is 29.9 Å². The van der Waals surface area contributed by atoms with Crippen LogP contribution >= 0.6 is 0 Å². The standard InChI is InChI=1S/C27H46N4O2/c1-3-5-7-9-11-13-15-17-22-32-25-21-19-20-24(27-28-30-31-29-27)26(25)33-23-18-16-14-12-10-8-6-4-2/h19-21H,3-18,22-23H2,1-2H3,(H,28,29,30,31). The topological polar surface area (TPSA) is 72.9 Å². The van der Waals surface area contributed by atoms with Gasteiger partial charge in [-0.2, -0.15) is 5.21 Å². The number of ether oxygens (including phenoxy) is 2. The minimum Gasteiger partial charge on any atom is -0.490 e. The third kappa shape index (κ3) is 11.5. The summed E-state index contributed by atoms with van der Waals surface area (Å²) in [5.41, 5.74) is 0.830. The van der Waals surface area contributed by atoms with E-state index in [1.165, 1.54) is 89.9 Å². The Kier molecular flexibility index (Phi) is 15.1. The van der Waals surface area contributed by atoms with E-state index in [1.807, 2.05) is 18.2 Å². The number of H-pyrrole nitrogens is 1. The summed E-state index contributed by atoms with van der Waals surface area (Å²) in [5.74, 6) is 2.06. The minimum atomic E-state index is 0.540. The maximum absolute atomic E-state index is 6.22. The van der Waals surface area contributed by atoms with Gasteiger partial charge in [0.15, 0.2) is 11.5 Å². The predicted molar refractivity (Wildman–Crippen MR) is 136 cm³/mol. The molecule has 1 aromatic carbocycles. The van der Waals surface area contributed by atoms with Crippen molar-refractivity contribution in [3.63, 3.8) is 0 Å². The minimum absolute atomic E-state index is 0.540. The van der Waals surface area contributed by atoms with E-state index >= 15 is 0 Å². The van der Waals surface area contributed by atoms with Crippen molar-refractivity contribution in [1.29, 1.82) is 0 Å². The second-order valence-electron chi connectivity index (χ2n) is 9.01. The zero-order chi connectivity index (χ0) is 23.4. The molecule has 0 saturated carbocycles. The molecule has 0 amide bonds. The number of unbranched alkanes of at least 4 members (excludes halogenated alkanes) is 14. The number of rotatable bonds is 21. The van der Waals surface area contributed by atoms with Crippen LogP contribution < -0.4 is 9.47 Å². The fourth-order valence-corrected chi connectivity index (χ4v) is 4.06. The number of nitrogens with zero attached hydrogens (tertiary/aromatic N) is 3. The smallest absolute Gasteiger partial charge is 0.208 e. The van der Waals surface area contributed by atoms with Crippen LogP contribution in [0, 0.1) is 0 Å². The summed E-state index contributed by atoms with van der Waals surface area (Å²) >= 11 is 0. The van der Waals surface area contributed by atoms with Gasteiger partial charge in [0.2, 0.25) is 5.82 Å². The lowest BCUT2D eigenvalue weighted by Crippen LogP contribution is -2.04. The Bertz CT molecular complexity index is 706. The maximum Gasteiger partial charge on any atom is 0.208 e. The van der Waals surface area contributed by atoms with Crippen molar-refractivity contribution in [2.45, 2.75) is 117 Å². The van der Waals surface area contributed by atoms with E-state index in [9.17, 15) is 0 Å². The van der Waals surface area contributed by atoms with Gasteiger partial charge < -0.3 is 9.47 Å². The molecule has 0 fully saturated rings. The SMILES string of the molecule is CCCCCCCCCCOc1cccc(-c2nn[nH]n2)c1OCCCCCCCCCC. The van der Waals surface area contributed by atoms with Crippen molar-refractivity contribution in [1.82, 2.24) is 20.6 Å². The Morgan fingerprint density at radius 2 is 1.21 bits per heavy atom. The van der Waals surface area contributed by atoms with Gasteiger partial charge in [-0.05, 0) is 30.2 Å². The molecule has 0 bridgehead atoms. The van der Waals surface area contributed by atoms with Crippen LogP contribution in [-0.2, 0) is 0 Å². The number of nitrogens with one attached hydrogen (secondary N) is 1. The lowest BCUT2D eigenvalue weighted by atomic mass is 10.1. The molecule has 6 heteroatoms. The van der Waals surface area contributed by atoms with Crippen molar-refractivity contribution in [3.8, 4) is 22.9 Å². The van der Waals surface area contributed by atoms with Crippen LogP contribution in [0.25, 0.3) is 11.4 Å². The molecule has 0 aliphatic carbocycles. The van der Waals surface area contributed by atoms with Crippen molar-refractivity contribution in [2.24, 2.45) is 0 Å². The van der Waals surface area contributed by atoms with E-state index in [2.05, 4.69) is 34.5 Å². The Labute approximate surface area is 201 Å². The highest BCUT2D eigenvalue weighted by Gasteiger charge is 2.16. The molecule has 1 heterocycles. The second kappa shape index (κ2) is 18.3. The lowest BCUT2D eigenvalue weighted by molar-refractivity contribution is 0.259. The summed E-state index contributed by atoms with van der Waals surface area (Å²) in [6.07, 6.45) is 20.5. The van der Waals surface area contributed by atoms with E-state index in [-0.39, 0.29) is 0 Å². The van der Waals surface area contributed by atoms with Crippen LogP contribution in [0.3, 0.4) is 0 Å². The first-order valence-corrected chi connectivity index (χ1v) is 13.5. The van der Waals surface area contributed by atoms with E-state index in [4.69, 9.17) is 9.47 Å². The number of hydrogen-bond acceptors (Lipinski definition) is 5. The predicted octanol–water partition coefficient (Wildman–Crippen LogP) is 7.91. The molecule has 1 N–H and O–H groups in total. The van der Waals surface area contributed by atoms with Gasteiger partial charge in [0.05, 0.1) is 18.8 Å². The van der Waals surface area contributed by atoms with E-state index in [0.29, 0.717) is 19.0 Å². The molecule has 0 saturated heterocycles. The first-order chi connectivity index (χ1) is 16.4. The summed E-state index contributed by atoms with van der Waals surface area (Å²) in [6, 6.07) is 5.92. The molecule has 33 heavy (non-hydrogen) atoms. The van der Waals surface area contributed by atoms with Crippen molar-refractivity contribution < 1.29 is 9.47 Å². The number of aromatic amines is 1. The van der Waals surface area contributed by atoms with Crippen LogP contribution in [0.2, 0.25) is 0 Å². The average Bonchev–Trinajstić information content (AvgIpc) is 3.37. The van der Waals surface area contributed by atoms with Gasteiger partial charge in [-0.25, -0.2) is 0 Å². The van der Waals surface area contributed by atoms with Crippen LogP contribution in [0.15, 0.2) is 18.2 Å². The van der Waals surface area contributed by atoms with Crippen molar-refractivity contribution >= 4 is 0 Å². The van der Waals surface area contributed by atoms with Crippen LogP contribution in [0.4, 0.5) is 0 Å². The number of benzene rings is 1. The zero-order valence-corrected chi connectivity index (χ0v) is 21.1. The summed E-state index contributed by atoms with van der Waals surface area (Å²) in [7, 11) is 0. The normalized spacial score (nSPS) is 11.1. The molecule has 0 unspecified atom stereocenters. The van der Waals surface area contributed by atoms with Crippen molar-refractivity contribution in [3.05, 3.63) is 18.2 Å². The summed E-state index contributed by atoms with van der Waals surface area (Å²) in [6.45, 7) is 5.91. The third-order valence-electron chi connectivity index (χ3n) is 6.06. The molecule has 2 aromatic rings. The highest BCUT2D eigenvalue weighted by atomic mass is 16.5. The summed E-state index contributed by atoms with van der Waals surface area (Å²) in [4.78, 5) is 0. The first kappa shape index (κ1) is 27.1. The Morgan fingerprint density at radius 3 is 1.76 bits per heavy atom. The van der Waals surface area contributed by atoms with Gasteiger partial charge in [-0.1, -0.05) is 110 Å². The molecule has 2 rings (SSSR count). The summed E-state index contributed by atoms with van der Waals surface area (Å²) < 4.78 is 12.4. The number of hydrogen-bond donors (Lipinski definition) is 1. The van der Waals surface area contributed by atoms with E-state index < -0.39 is 0 Å². The van der Waals surface area contributed by atoms with Gasteiger partial charge in [0.1, 0.15) is 0 Å². The molecule has 0 radical (unpaired) electrons. The number of tetrazole rings is 1. The molecule has 0 atom stereocenters. The largest absolute Gasteiger partial charge is 0.490 e. The van der Waals surface area contributed by atoms with Gasteiger partial charge in [-0.15, -0.1) is 10.2 Å². The highest BCUT2D eigenvalue weighted by molar-refractivity contribution is 5.68. The quantitative estimate of drug-likeness (QED) is 0.192. The molecule has 0 aliphatic rings. The molecule has 6 nitrogen and oxygen atoms in total. The Hall–Kier alpha value is -2.11. The average molecular weight is 459 g/mol. The monoisotopic (exact) mass is 458 g/mol. The van der Waals surface area contributed by atoms with Gasteiger partial charge >= 0.3 is 0 Å². The summed E-state index contributed by atoms with van der Waals surface area (Å²) in [5, 5.41) is 14.5. The van der Waals surface area contributed by atoms with Crippen LogP contribution in [0.1, 0.15) is 117 Å². The first-order valence-electron chi connectivity index (χ1n) is 13.5. The number of para-hydroxylation sites is 1. The fraction of sp³-hybridized carbons (Fsp3) is 0.741. The third-order valence-corrected chi connectivity index (χ3v) is 6.06. The van der Waals surface area contributed by atoms with Gasteiger partial charge in [0, 0.05) is 0 Å². The van der Waals surface area contributed by atoms with E-state index in [1.54, 1.807) is 0 Å². The van der Waals surface area contributed by atoms with Gasteiger partial charge in [0.25, 0.3) is 0 Å². The lowest BCUT2D eigenvalue weighted by Gasteiger charge is -2.15. The maximum atomic E-state index is 6.22. The molecule has 0 spiro atoms. The van der Waals surface area contributed by atoms with Gasteiger partial charge in [-0.3, -0.25) is 0 Å². The highest BCUT2D eigenvalue weighted by Crippen LogP contribution is 2.37. The Balaban J connectivity index is 1.77. The van der Waals surface area contributed by atoms with Crippen LogP contribution in [0.5, 0.6) is 11.5 Å². The molecular weight excluding hydrogens is 412 g/mol. The molecule has 186 valence electrons. The van der Waals surface area contributed by atoms with Crippen LogP contribution in [-0.4, -0.2) is 33.8 Å². The second-order valence-corrected chi connectivity index (χ2v) is 9.01. The Morgan fingerprint density at radius 1 is 0.667 bits per heavy atom. The molecular formula is C27H46N4O2. The fourth-order valence-electron chi connectivity index (χ4n) is 4.06. The number of aromatic nitrogens is 4. The van der Waals surface area contributed by atoms with Crippen molar-refractivity contribution in [2.75, 3.05) is 13.2 Å². The molecule has 1 aromatic heterocycles. The molecule has 0 aliphatic heterocycles. The zero-order valence-electron chi connectivity index (χ0n) is 21.1.